The highest BCUT2D eigenvalue weighted by molar-refractivity contribution is 7.70. The molecule has 1 amide bonds. The van der Waals surface area contributed by atoms with Crippen LogP contribution in [0.1, 0.15) is 38.5 Å². The Kier molecular flexibility index (Phi) is 3.09. The third-order valence-corrected chi connectivity index (χ3v) is 7.34. The van der Waals surface area contributed by atoms with Crippen molar-refractivity contribution in [2.75, 3.05) is 0 Å². The summed E-state index contributed by atoms with van der Waals surface area (Å²) in [6.07, 6.45) is 10.9. The standard InChI is InChI=1S/C14H20.CH2NO3S/c1-7-2-12-10-4-8-5-11(9(1)10)13(3-7)14(12)6-8;3-1-2-6(4)5/h7-14H,1-6H2;6H,(H,2,3,4,5). The molecule has 8 bridgehead atoms. The first-order chi connectivity index (χ1) is 9.67. The highest BCUT2D eigenvalue weighted by atomic mass is 32.2. The molecule has 0 saturated heterocycles. The Balaban J connectivity index is 0.000000154. The lowest BCUT2D eigenvalue weighted by Gasteiger charge is -2.69. The van der Waals surface area contributed by atoms with E-state index < -0.39 is 10.9 Å². The van der Waals surface area contributed by atoms with Gasteiger partial charge in [0.1, 0.15) is 0 Å². The highest BCUT2D eigenvalue weighted by Gasteiger charge is 2.63. The minimum atomic E-state index is -2.77. The number of hydrogen-bond donors (Lipinski definition) is 2. The van der Waals surface area contributed by atoms with E-state index in [9.17, 15) is 8.42 Å². The molecular weight excluding hydrogens is 274 g/mol. The lowest BCUT2D eigenvalue weighted by molar-refractivity contribution is -0.202. The summed E-state index contributed by atoms with van der Waals surface area (Å²) >= 11 is 0. The van der Waals surface area contributed by atoms with Crippen molar-refractivity contribution in [2.24, 2.45) is 47.3 Å². The van der Waals surface area contributed by atoms with Crippen LogP contribution in [0.5, 0.6) is 0 Å². The van der Waals surface area contributed by atoms with E-state index in [1.165, 1.54) is 52.1 Å². The Morgan fingerprint density at radius 3 is 1.15 bits per heavy atom. The molecule has 0 heterocycles. The maximum absolute atomic E-state index is 9.26. The Morgan fingerprint density at radius 1 is 0.700 bits per heavy atom. The van der Waals surface area contributed by atoms with E-state index in [2.05, 4.69) is 0 Å². The smallest absolute Gasteiger partial charge is 0.263 e. The average Bonchev–Trinajstić information content (AvgIpc) is 2.44. The summed E-state index contributed by atoms with van der Waals surface area (Å²) in [7, 11) is -2.77. The molecule has 7 rings (SSSR count). The number of carbonyl (C=O) groups excluding carboxylic acids is 1. The zero-order chi connectivity index (χ0) is 13.9. The number of hydrogen-bond acceptors (Lipinski definition) is 3. The van der Waals surface area contributed by atoms with Crippen molar-refractivity contribution in [1.82, 2.24) is 4.72 Å². The van der Waals surface area contributed by atoms with Crippen LogP contribution in [0.2, 0.25) is 0 Å². The van der Waals surface area contributed by atoms with Gasteiger partial charge in [-0.15, -0.1) is 0 Å². The van der Waals surface area contributed by atoms with Gasteiger partial charge < -0.3 is 0 Å². The van der Waals surface area contributed by atoms with Crippen molar-refractivity contribution in [1.29, 1.82) is 0 Å². The summed E-state index contributed by atoms with van der Waals surface area (Å²) in [5, 5.41) is 0. The van der Waals surface area contributed by atoms with Crippen LogP contribution in [-0.2, 0) is 15.7 Å². The second kappa shape index (κ2) is 4.72. The zero-order valence-electron chi connectivity index (χ0n) is 11.5. The molecule has 7 fully saturated rings. The van der Waals surface area contributed by atoms with Gasteiger partial charge in [0.25, 0.3) is 0 Å². The van der Waals surface area contributed by atoms with E-state index in [1.54, 1.807) is 38.5 Å². The van der Waals surface area contributed by atoms with Gasteiger partial charge in [0.15, 0.2) is 0 Å². The van der Waals surface area contributed by atoms with Crippen LogP contribution in [0.3, 0.4) is 0 Å². The quantitative estimate of drug-likeness (QED) is 0.599. The Hall–Kier alpha value is -0.580. The molecule has 7 saturated carbocycles. The first kappa shape index (κ1) is 13.1. The Bertz CT molecular complexity index is 394. The van der Waals surface area contributed by atoms with Crippen molar-refractivity contribution in [3.8, 4) is 0 Å². The normalized spacial score (nSPS) is 52.9. The van der Waals surface area contributed by atoms with Gasteiger partial charge in [-0.2, -0.15) is 0 Å². The molecule has 0 aromatic heterocycles. The van der Waals surface area contributed by atoms with Gasteiger partial charge in [-0.1, -0.05) is 0 Å². The van der Waals surface area contributed by atoms with Gasteiger partial charge in [-0.3, -0.25) is 4.79 Å². The molecule has 5 heteroatoms. The van der Waals surface area contributed by atoms with E-state index in [0.29, 0.717) is 0 Å². The van der Waals surface area contributed by atoms with Crippen molar-refractivity contribution < 1.29 is 13.2 Å². The minimum Gasteiger partial charge on any atom is -0.263 e. The molecule has 0 spiro atoms. The monoisotopic (exact) mass is 296 g/mol. The molecule has 7 aliphatic rings. The molecule has 7 aliphatic carbocycles. The molecule has 20 heavy (non-hydrogen) atoms. The molecule has 0 unspecified atom stereocenters. The third kappa shape index (κ3) is 1.85. The molecule has 0 aliphatic heterocycles. The molecule has 4 nitrogen and oxygen atoms in total. The molecule has 1 radical (unpaired) electrons. The van der Waals surface area contributed by atoms with Gasteiger partial charge in [0, 0.05) is 0 Å². The molecular formula is C15H22NO3S. The summed E-state index contributed by atoms with van der Waals surface area (Å²) in [6, 6.07) is 0. The fraction of sp³-hybridized carbons (Fsp3) is 0.933. The molecule has 0 aromatic carbocycles. The maximum atomic E-state index is 9.26. The van der Waals surface area contributed by atoms with Gasteiger partial charge in [0.05, 0.1) is 0 Å². The maximum Gasteiger partial charge on any atom is 0.323 e. The predicted octanol–water partition coefficient (Wildman–Crippen LogP) is 1.49. The lowest BCUT2D eigenvalue weighted by Crippen LogP contribution is -2.62. The summed E-state index contributed by atoms with van der Waals surface area (Å²) < 4.78 is 19.9. The van der Waals surface area contributed by atoms with Crippen molar-refractivity contribution in [2.45, 2.75) is 38.5 Å². The van der Waals surface area contributed by atoms with E-state index in [1.807, 2.05) is 0 Å². The second-order valence-electron chi connectivity index (χ2n) is 7.60. The van der Waals surface area contributed by atoms with Crippen LogP contribution in [0.25, 0.3) is 0 Å². The van der Waals surface area contributed by atoms with E-state index in [4.69, 9.17) is 4.79 Å². The second-order valence-corrected chi connectivity index (χ2v) is 8.34. The summed E-state index contributed by atoms with van der Waals surface area (Å²) in [5.74, 6) is 9.74. The van der Waals surface area contributed by atoms with E-state index >= 15 is 0 Å². The van der Waals surface area contributed by atoms with Crippen molar-refractivity contribution in [3.63, 3.8) is 0 Å². The Labute approximate surface area is 121 Å². The molecule has 111 valence electrons. The van der Waals surface area contributed by atoms with Crippen LogP contribution in [0, 0.1) is 47.3 Å². The lowest BCUT2D eigenvalue weighted by atomic mass is 9.36. The van der Waals surface area contributed by atoms with Crippen LogP contribution in [-0.4, -0.2) is 14.8 Å². The van der Waals surface area contributed by atoms with E-state index in [-0.39, 0.29) is 0 Å². The van der Waals surface area contributed by atoms with Gasteiger partial charge in [0.2, 0.25) is 10.9 Å². The van der Waals surface area contributed by atoms with Crippen LogP contribution in [0.4, 0.5) is 0 Å². The van der Waals surface area contributed by atoms with Gasteiger partial charge >= 0.3 is 6.41 Å². The van der Waals surface area contributed by atoms with Crippen LogP contribution < -0.4 is 4.72 Å². The first-order valence-electron chi connectivity index (χ1n) is 7.94. The predicted molar refractivity (Wildman–Crippen MR) is 74.8 cm³/mol. The molecule has 1 N–H and O–H groups in total. The highest BCUT2D eigenvalue weighted by Crippen LogP contribution is 2.71. The number of thiol groups is 1. The minimum absolute atomic E-state index is 0.971. The first-order valence-corrected chi connectivity index (χ1v) is 9.12. The summed E-state index contributed by atoms with van der Waals surface area (Å²) in [4.78, 5) is 9.00. The van der Waals surface area contributed by atoms with Crippen LogP contribution in [0.15, 0.2) is 0 Å². The third-order valence-electron chi connectivity index (χ3n) is 7.07. The average molecular weight is 296 g/mol. The van der Waals surface area contributed by atoms with E-state index in [0.717, 1.165) is 6.41 Å². The summed E-state index contributed by atoms with van der Waals surface area (Å²) in [6.45, 7) is 0. The van der Waals surface area contributed by atoms with Crippen molar-refractivity contribution >= 4 is 17.3 Å². The largest absolute Gasteiger partial charge is 0.323 e. The summed E-state index contributed by atoms with van der Waals surface area (Å²) in [5.41, 5.74) is 0. The SMILES string of the molecule is C1C2CC3C4CC5CC(C14)C(C2)C3C5.O=[C]N[SH](=O)=O. The molecule has 0 aromatic rings. The van der Waals surface area contributed by atoms with Crippen molar-refractivity contribution in [3.05, 3.63) is 0 Å². The topological polar surface area (TPSA) is 63.2 Å². The number of nitrogens with one attached hydrogen (secondary N) is 1. The van der Waals surface area contributed by atoms with Gasteiger partial charge in [-0.25, -0.2) is 13.1 Å². The fourth-order valence-electron chi connectivity index (χ4n) is 6.93. The number of rotatable bonds is 2. The van der Waals surface area contributed by atoms with Crippen LogP contribution >= 0.6 is 0 Å². The van der Waals surface area contributed by atoms with Gasteiger partial charge in [-0.05, 0) is 85.9 Å². The fourth-order valence-corrected chi connectivity index (χ4v) is 7.00. The number of amides is 1. The molecule has 0 atom stereocenters. The Morgan fingerprint density at radius 2 is 1.00 bits per heavy atom. The zero-order valence-corrected chi connectivity index (χ0v) is 12.4.